The summed E-state index contributed by atoms with van der Waals surface area (Å²) in [5, 5.41) is 0. The summed E-state index contributed by atoms with van der Waals surface area (Å²) in [7, 11) is -2.33. The Labute approximate surface area is 114 Å². The van der Waals surface area contributed by atoms with Crippen molar-refractivity contribution in [2.45, 2.75) is 25.7 Å². The van der Waals surface area contributed by atoms with E-state index in [1.54, 1.807) is 7.11 Å². The van der Waals surface area contributed by atoms with Gasteiger partial charge in [-0.1, -0.05) is 25.1 Å². The normalized spacial score (nSPS) is 13.0. The molecule has 1 rings (SSSR count). The van der Waals surface area contributed by atoms with Crippen LogP contribution in [0, 0.1) is 0 Å². The lowest BCUT2D eigenvalue weighted by atomic mass is 9.95. The minimum absolute atomic E-state index is 0.00495. The minimum atomic E-state index is -3.92. The summed E-state index contributed by atoms with van der Waals surface area (Å²) in [6.07, 6.45) is 2.93. The summed E-state index contributed by atoms with van der Waals surface area (Å²) in [5.41, 5.74) is 2.04. The van der Waals surface area contributed by atoms with Crippen LogP contribution >= 0.6 is 0 Å². The number of hydrogen-bond donors (Lipinski definition) is 1. The predicted molar refractivity (Wildman–Crippen MR) is 76.3 cm³/mol. The summed E-state index contributed by atoms with van der Waals surface area (Å²) in [6, 6.07) is 5.84. The molecule has 0 aromatic heterocycles. The van der Waals surface area contributed by atoms with Gasteiger partial charge in [0.2, 0.25) is 0 Å². The van der Waals surface area contributed by atoms with Crippen LogP contribution in [0.4, 0.5) is 0 Å². The van der Waals surface area contributed by atoms with E-state index in [1.165, 1.54) is 0 Å². The first-order valence-corrected chi connectivity index (χ1v) is 7.71. The smallest absolute Gasteiger partial charge is 0.264 e. The third kappa shape index (κ3) is 5.04. The van der Waals surface area contributed by atoms with Crippen molar-refractivity contribution in [3.8, 4) is 5.75 Å². The average molecular weight is 284 g/mol. The third-order valence-corrected chi connectivity index (χ3v) is 3.77. The Kier molecular flexibility index (Phi) is 5.57. The van der Waals surface area contributed by atoms with E-state index in [4.69, 9.17) is 9.29 Å². The van der Waals surface area contributed by atoms with Crippen LogP contribution in [-0.2, 0) is 16.5 Å². The highest BCUT2D eigenvalue weighted by atomic mass is 32.2. The largest absolute Gasteiger partial charge is 0.496 e. The van der Waals surface area contributed by atoms with Gasteiger partial charge in [-0.05, 0) is 36.0 Å². The molecule has 0 fully saturated rings. The highest BCUT2D eigenvalue weighted by Crippen LogP contribution is 2.30. The Balaban J connectivity index is 2.89. The number of ether oxygens (including phenoxy) is 1. The Morgan fingerprint density at radius 2 is 2.16 bits per heavy atom. The molecule has 0 bridgehead atoms. The molecule has 0 heterocycles. The first-order valence-electron chi connectivity index (χ1n) is 6.10. The molecule has 0 saturated heterocycles. The molecule has 0 aliphatic carbocycles. The van der Waals surface area contributed by atoms with Crippen LogP contribution in [0.1, 0.15) is 30.4 Å². The van der Waals surface area contributed by atoms with Crippen LogP contribution < -0.4 is 4.74 Å². The van der Waals surface area contributed by atoms with Crippen molar-refractivity contribution in [3.05, 3.63) is 42.0 Å². The van der Waals surface area contributed by atoms with E-state index >= 15 is 0 Å². The van der Waals surface area contributed by atoms with Crippen LogP contribution in [0.5, 0.6) is 5.75 Å². The Bertz CT molecular complexity index is 534. The molecule has 1 aromatic rings. The van der Waals surface area contributed by atoms with E-state index < -0.39 is 10.1 Å². The molecule has 0 spiro atoms. The zero-order chi connectivity index (χ0) is 14.5. The van der Waals surface area contributed by atoms with E-state index in [0.717, 1.165) is 23.3 Å². The lowest BCUT2D eigenvalue weighted by Gasteiger charge is -2.16. The summed E-state index contributed by atoms with van der Waals surface area (Å²) in [4.78, 5) is 0. The van der Waals surface area contributed by atoms with Crippen molar-refractivity contribution in [2.75, 3.05) is 12.9 Å². The number of allylic oxidation sites excluding steroid dienone is 1. The quantitative estimate of drug-likeness (QED) is 0.617. The standard InChI is InChI=1S/C14H20O4S/c1-4-5-12-6-7-13(14(10-12)18-3)11(2)8-9-19(15,16)17/h4,6-7,10-11H,1,5,8-9H2,2-3H3,(H,15,16,17). The molecule has 0 radical (unpaired) electrons. The summed E-state index contributed by atoms with van der Waals surface area (Å²) in [6.45, 7) is 5.60. The van der Waals surface area contributed by atoms with Gasteiger partial charge in [-0.15, -0.1) is 6.58 Å². The van der Waals surface area contributed by atoms with Crippen molar-refractivity contribution < 1.29 is 17.7 Å². The molecule has 1 atom stereocenters. The maximum atomic E-state index is 10.8. The van der Waals surface area contributed by atoms with Gasteiger partial charge >= 0.3 is 0 Å². The second kappa shape index (κ2) is 6.73. The monoisotopic (exact) mass is 284 g/mol. The minimum Gasteiger partial charge on any atom is -0.496 e. The molecule has 106 valence electrons. The van der Waals surface area contributed by atoms with Gasteiger partial charge in [0.25, 0.3) is 10.1 Å². The number of hydrogen-bond acceptors (Lipinski definition) is 3. The van der Waals surface area contributed by atoms with E-state index in [9.17, 15) is 8.42 Å². The van der Waals surface area contributed by atoms with Crippen molar-refractivity contribution in [1.29, 1.82) is 0 Å². The molecule has 1 N–H and O–H groups in total. The molecule has 5 heteroatoms. The van der Waals surface area contributed by atoms with Gasteiger partial charge in [0, 0.05) is 0 Å². The molecule has 0 aliphatic rings. The van der Waals surface area contributed by atoms with Gasteiger partial charge in [0.1, 0.15) is 5.75 Å². The lowest BCUT2D eigenvalue weighted by Crippen LogP contribution is -2.08. The van der Waals surface area contributed by atoms with Crippen LogP contribution in [0.3, 0.4) is 0 Å². The van der Waals surface area contributed by atoms with Crippen molar-refractivity contribution in [2.24, 2.45) is 0 Å². The first kappa shape index (κ1) is 15.7. The number of methoxy groups -OCH3 is 1. The molecule has 0 amide bonds. The fraction of sp³-hybridized carbons (Fsp3) is 0.429. The van der Waals surface area contributed by atoms with E-state index in [0.29, 0.717) is 6.42 Å². The Morgan fingerprint density at radius 1 is 1.47 bits per heavy atom. The number of benzene rings is 1. The summed E-state index contributed by atoms with van der Waals surface area (Å²) in [5.74, 6) is 0.489. The maximum Gasteiger partial charge on any atom is 0.264 e. The zero-order valence-electron chi connectivity index (χ0n) is 11.3. The van der Waals surface area contributed by atoms with Crippen LogP contribution in [0.25, 0.3) is 0 Å². The highest BCUT2D eigenvalue weighted by molar-refractivity contribution is 7.85. The Morgan fingerprint density at radius 3 is 2.68 bits per heavy atom. The van der Waals surface area contributed by atoms with Crippen molar-refractivity contribution in [3.63, 3.8) is 0 Å². The van der Waals surface area contributed by atoms with Gasteiger partial charge in [-0.2, -0.15) is 8.42 Å². The summed E-state index contributed by atoms with van der Waals surface area (Å²) < 4.78 is 35.7. The van der Waals surface area contributed by atoms with Gasteiger partial charge in [-0.3, -0.25) is 4.55 Å². The molecular formula is C14H20O4S. The average Bonchev–Trinajstić information content (AvgIpc) is 2.35. The first-order chi connectivity index (χ1) is 8.87. The van der Waals surface area contributed by atoms with Crippen LogP contribution in [-0.4, -0.2) is 25.8 Å². The SMILES string of the molecule is C=CCc1ccc(C(C)CCS(=O)(=O)O)c(OC)c1. The second-order valence-corrected chi connectivity index (χ2v) is 6.12. The van der Waals surface area contributed by atoms with Gasteiger partial charge in [0.05, 0.1) is 12.9 Å². The van der Waals surface area contributed by atoms with Crippen LogP contribution in [0.15, 0.2) is 30.9 Å². The van der Waals surface area contributed by atoms with E-state index in [2.05, 4.69) is 6.58 Å². The lowest BCUT2D eigenvalue weighted by molar-refractivity contribution is 0.405. The molecular weight excluding hydrogens is 264 g/mol. The van der Waals surface area contributed by atoms with Gasteiger partial charge < -0.3 is 4.74 Å². The third-order valence-electron chi connectivity index (χ3n) is 3.02. The van der Waals surface area contributed by atoms with Gasteiger partial charge in [0.15, 0.2) is 0 Å². The highest BCUT2D eigenvalue weighted by Gasteiger charge is 2.15. The van der Waals surface area contributed by atoms with Crippen molar-refractivity contribution >= 4 is 10.1 Å². The molecule has 0 aliphatic heterocycles. The van der Waals surface area contributed by atoms with Crippen LogP contribution in [0.2, 0.25) is 0 Å². The topological polar surface area (TPSA) is 63.6 Å². The molecule has 4 nitrogen and oxygen atoms in total. The molecule has 1 unspecified atom stereocenters. The maximum absolute atomic E-state index is 10.8. The number of rotatable bonds is 7. The molecule has 19 heavy (non-hydrogen) atoms. The summed E-state index contributed by atoms with van der Waals surface area (Å²) >= 11 is 0. The van der Waals surface area contributed by atoms with E-state index in [-0.39, 0.29) is 11.7 Å². The van der Waals surface area contributed by atoms with Gasteiger partial charge in [-0.25, -0.2) is 0 Å². The molecule has 0 saturated carbocycles. The fourth-order valence-electron chi connectivity index (χ4n) is 1.94. The van der Waals surface area contributed by atoms with Crippen molar-refractivity contribution in [1.82, 2.24) is 0 Å². The molecule has 1 aromatic carbocycles. The Hall–Kier alpha value is -1.33. The predicted octanol–water partition coefficient (Wildman–Crippen LogP) is 2.81. The second-order valence-electron chi connectivity index (χ2n) is 4.54. The fourth-order valence-corrected chi connectivity index (χ4v) is 2.59. The van der Waals surface area contributed by atoms with E-state index in [1.807, 2.05) is 31.2 Å². The zero-order valence-corrected chi connectivity index (χ0v) is 12.1.